The number of ether oxygens (including phenoxy) is 4. The summed E-state index contributed by atoms with van der Waals surface area (Å²) in [5, 5.41) is 0. The van der Waals surface area contributed by atoms with Crippen LogP contribution in [0.4, 0.5) is 5.95 Å². The number of nitrogens with zero attached hydrogens (tertiary/aromatic N) is 4. The van der Waals surface area contributed by atoms with Gasteiger partial charge in [-0.15, -0.1) is 0 Å². The van der Waals surface area contributed by atoms with E-state index in [1.807, 2.05) is 24.3 Å². The molecule has 0 bridgehead atoms. The van der Waals surface area contributed by atoms with Crippen molar-refractivity contribution in [1.82, 2.24) is 14.9 Å². The molecule has 38 heavy (non-hydrogen) atoms. The summed E-state index contributed by atoms with van der Waals surface area (Å²) in [6.07, 6.45) is 3.16. The molecule has 0 saturated carbocycles. The summed E-state index contributed by atoms with van der Waals surface area (Å²) >= 11 is 0. The minimum absolute atomic E-state index is 0.601. The van der Waals surface area contributed by atoms with Gasteiger partial charge in [-0.05, 0) is 55.5 Å². The molecule has 0 unspecified atom stereocenters. The zero-order valence-electron chi connectivity index (χ0n) is 23.1. The van der Waals surface area contributed by atoms with Crippen LogP contribution in [0.5, 0.6) is 28.9 Å². The van der Waals surface area contributed by atoms with E-state index in [1.165, 1.54) is 5.56 Å². The van der Waals surface area contributed by atoms with E-state index in [4.69, 9.17) is 28.9 Å². The number of hydrogen-bond acceptors (Lipinski definition) is 8. The first kappa shape index (κ1) is 26.1. The Bertz CT molecular complexity index is 1230. The fourth-order valence-electron chi connectivity index (χ4n) is 5.20. The zero-order valence-corrected chi connectivity index (χ0v) is 23.1. The van der Waals surface area contributed by atoms with Gasteiger partial charge in [0.25, 0.3) is 0 Å². The van der Waals surface area contributed by atoms with Gasteiger partial charge in [-0.25, -0.2) is 4.98 Å². The average Bonchev–Trinajstić information content (AvgIpc) is 2.94. The van der Waals surface area contributed by atoms with Gasteiger partial charge in [0.2, 0.25) is 17.6 Å². The first-order valence-electron chi connectivity index (χ1n) is 13.4. The van der Waals surface area contributed by atoms with Gasteiger partial charge in [-0.3, -0.25) is 4.90 Å². The molecule has 3 aromatic rings. The van der Waals surface area contributed by atoms with E-state index in [1.54, 1.807) is 21.3 Å². The molecular formula is C30H38N4O4. The highest BCUT2D eigenvalue weighted by atomic mass is 16.5. The quantitative estimate of drug-likeness (QED) is 0.393. The predicted octanol–water partition coefficient (Wildman–Crippen LogP) is 5.40. The van der Waals surface area contributed by atoms with Crippen LogP contribution < -0.4 is 23.8 Å². The van der Waals surface area contributed by atoms with Crippen molar-refractivity contribution in [3.8, 4) is 28.9 Å². The minimum atomic E-state index is 0.601. The number of fused-ring (bicyclic) bond motifs is 1. The summed E-state index contributed by atoms with van der Waals surface area (Å²) in [4.78, 5) is 14.7. The van der Waals surface area contributed by atoms with E-state index in [0.717, 1.165) is 79.9 Å². The maximum Gasteiger partial charge on any atom is 0.228 e. The van der Waals surface area contributed by atoms with E-state index >= 15 is 0 Å². The molecule has 0 amide bonds. The number of rotatable bonds is 8. The average molecular weight is 519 g/mol. The SMILES string of the molecule is COc1cc(CN2CCc3nc(N4CCC(C)CC4)nc(Oc4ccc(C)cc4)c3C2)cc(OC)c1OC. The third kappa shape index (κ3) is 5.65. The van der Waals surface area contributed by atoms with Crippen LogP contribution in [0.25, 0.3) is 0 Å². The summed E-state index contributed by atoms with van der Waals surface area (Å²) in [6.45, 7) is 8.68. The highest BCUT2D eigenvalue weighted by molar-refractivity contribution is 5.54. The fraction of sp³-hybridized carbons (Fsp3) is 0.467. The second kappa shape index (κ2) is 11.5. The second-order valence-corrected chi connectivity index (χ2v) is 10.3. The first-order valence-corrected chi connectivity index (χ1v) is 13.4. The highest BCUT2D eigenvalue weighted by Gasteiger charge is 2.27. The Morgan fingerprint density at radius 3 is 2.21 bits per heavy atom. The molecule has 2 aliphatic heterocycles. The maximum absolute atomic E-state index is 6.43. The largest absolute Gasteiger partial charge is 0.493 e. The van der Waals surface area contributed by atoms with Crippen molar-refractivity contribution in [3.05, 3.63) is 58.8 Å². The molecule has 8 nitrogen and oxygen atoms in total. The lowest BCUT2D eigenvalue weighted by Gasteiger charge is -2.33. The molecule has 1 aromatic heterocycles. The molecule has 0 spiro atoms. The van der Waals surface area contributed by atoms with E-state index in [2.05, 4.69) is 35.8 Å². The Kier molecular flexibility index (Phi) is 7.88. The fourth-order valence-corrected chi connectivity index (χ4v) is 5.20. The molecule has 1 saturated heterocycles. The topological polar surface area (TPSA) is 69.2 Å². The summed E-state index contributed by atoms with van der Waals surface area (Å²) in [5.74, 6) is 4.90. The Balaban J connectivity index is 1.43. The second-order valence-electron chi connectivity index (χ2n) is 10.3. The molecule has 0 atom stereocenters. The van der Waals surface area contributed by atoms with Crippen LogP contribution >= 0.6 is 0 Å². The molecule has 8 heteroatoms. The molecule has 1 fully saturated rings. The van der Waals surface area contributed by atoms with E-state index in [0.29, 0.717) is 29.7 Å². The molecule has 0 radical (unpaired) electrons. The van der Waals surface area contributed by atoms with Gasteiger partial charge in [-0.1, -0.05) is 24.6 Å². The number of aryl methyl sites for hydroxylation is 1. The number of aromatic nitrogens is 2. The van der Waals surface area contributed by atoms with Crippen LogP contribution in [-0.2, 0) is 19.5 Å². The minimum Gasteiger partial charge on any atom is -0.493 e. The number of piperidine rings is 1. The molecule has 2 aliphatic rings. The molecule has 0 aliphatic carbocycles. The molecule has 0 N–H and O–H groups in total. The lowest BCUT2D eigenvalue weighted by Crippen LogP contribution is -2.36. The van der Waals surface area contributed by atoms with Gasteiger partial charge >= 0.3 is 0 Å². The molecule has 202 valence electrons. The summed E-state index contributed by atoms with van der Waals surface area (Å²) in [6, 6.07) is 12.2. The van der Waals surface area contributed by atoms with Gasteiger partial charge in [0.05, 0.1) is 32.6 Å². The van der Waals surface area contributed by atoms with Crippen LogP contribution in [0.3, 0.4) is 0 Å². The molecule has 5 rings (SSSR count). The van der Waals surface area contributed by atoms with Gasteiger partial charge in [0.1, 0.15) is 5.75 Å². The zero-order chi connectivity index (χ0) is 26.6. The Morgan fingerprint density at radius 2 is 1.58 bits per heavy atom. The van der Waals surface area contributed by atoms with Gasteiger partial charge < -0.3 is 23.8 Å². The summed E-state index contributed by atoms with van der Waals surface area (Å²) < 4.78 is 23.1. The Morgan fingerprint density at radius 1 is 0.895 bits per heavy atom. The van der Waals surface area contributed by atoms with Crippen LogP contribution in [-0.4, -0.2) is 55.8 Å². The predicted molar refractivity (Wildman–Crippen MR) is 148 cm³/mol. The van der Waals surface area contributed by atoms with E-state index < -0.39 is 0 Å². The van der Waals surface area contributed by atoms with Crippen LogP contribution in [0.2, 0.25) is 0 Å². The monoisotopic (exact) mass is 518 g/mol. The highest BCUT2D eigenvalue weighted by Crippen LogP contribution is 2.39. The lowest BCUT2D eigenvalue weighted by atomic mass is 9.99. The van der Waals surface area contributed by atoms with Crippen LogP contribution in [0.15, 0.2) is 36.4 Å². The van der Waals surface area contributed by atoms with Gasteiger partial charge in [-0.2, -0.15) is 4.98 Å². The number of hydrogen-bond donors (Lipinski definition) is 0. The van der Waals surface area contributed by atoms with Gasteiger partial charge in [0, 0.05) is 39.1 Å². The van der Waals surface area contributed by atoms with E-state index in [9.17, 15) is 0 Å². The number of benzene rings is 2. The summed E-state index contributed by atoms with van der Waals surface area (Å²) in [7, 11) is 4.91. The van der Waals surface area contributed by atoms with Gasteiger partial charge in [0.15, 0.2) is 11.5 Å². The maximum atomic E-state index is 6.43. The van der Waals surface area contributed by atoms with Crippen LogP contribution in [0.1, 0.15) is 42.1 Å². The van der Waals surface area contributed by atoms with Crippen molar-refractivity contribution in [2.75, 3.05) is 45.9 Å². The summed E-state index contributed by atoms with van der Waals surface area (Å²) in [5.41, 5.74) is 4.42. The van der Waals surface area contributed by atoms with Crippen molar-refractivity contribution >= 4 is 5.95 Å². The molecule has 2 aromatic carbocycles. The van der Waals surface area contributed by atoms with Crippen molar-refractivity contribution < 1.29 is 18.9 Å². The van der Waals surface area contributed by atoms with Crippen molar-refractivity contribution in [1.29, 1.82) is 0 Å². The molecular weight excluding hydrogens is 480 g/mol. The van der Waals surface area contributed by atoms with Crippen molar-refractivity contribution in [3.63, 3.8) is 0 Å². The normalized spacial score (nSPS) is 16.2. The third-order valence-electron chi connectivity index (χ3n) is 7.52. The lowest BCUT2D eigenvalue weighted by molar-refractivity contribution is 0.237. The number of methoxy groups -OCH3 is 3. The third-order valence-corrected chi connectivity index (χ3v) is 7.52. The first-order chi connectivity index (χ1) is 18.5. The Hall–Kier alpha value is -3.52. The Labute approximate surface area is 225 Å². The standard InChI is InChI=1S/C30H38N4O4/c1-20-6-8-23(9-7-20)38-29-24-19-33(18-22-16-26(35-3)28(37-5)27(17-22)36-4)13-12-25(24)31-30(32-29)34-14-10-21(2)11-15-34/h6-9,16-17,21H,10-15,18-19H2,1-5H3. The number of anilines is 1. The van der Waals surface area contributed by atoms with Crippen molar-refractivity contribution in [2.45, 2.75) is 46.2 Å². The smallest absolute Gasteiger partial charge is 0.228 e. The van der Waals surface area contributed by atoms with E-state index in [-0.39, 0.29) is 0 Å². The molecule has 3 heterocycles. The van der Waals surface area contributed by atoms with Crippen molar-refractivity contribution in [2.24, 2.45) is 5.92 Å². The van der Waals surface area contributed by atoms with Crippen LogP contribution in [0, 0.1) is 12.8 Å².